The summed E-state index contributed by atoms with van der Waals surface area (Å²) in [5, 5.41) is 12.0. The first-order chi connectivity index (χ1) is 13.7. The van der Waals surface area contributed by atoms with Crippen molar-refractivity contribution in [3.8, 4) is 17.6 Å². The summed E-state index contributed by atoms with van der Waals surface area (Å²) in [4.78, 5) is 12.1. The number of hydrogen-bond acceptors (Lipinski definition) is 4. The number of ether oxygens (including phenoxy) is 2. The molecule has 1 N–H and O–H groups in total. The number of nitrogens with one attached hydrogen (secondary N) is 1. The van der Waals surface area contributed by atoms with Gasteiger partial charge in [0.15, 0.2) is 11.5 Å². The Labute approximate surface area is 166 Å². The molecule has 0 unspecified atom stereocenters. The minimum Gasteiger partial charge on any atom is -0.493 e. The van der Waals surface area contributed by atoms with E-state index in [9.17, 15) is 10.1 Å². The summed E-state index contributed by atoms with van der Waals surface area (Å²) in [6.07, 6.45) is 4.21. The van der Waals surface area contributed by atoms with Crippen LogP contribution in [-0.2, 0) is 11.2 Å². The van der Waals surface area contributed by atoms with E-state index in [1.807, 2.05) is 31.2 Å². The van der Waals surface area contributed by atoms with Crippen LogP contribution in [0.2, 0.25) is 0 Å². The van der Waals surface area contributed by atoms with Gasteiger partial charge in [0.05, 0.1) is 13.7 Å². The maximum atomic E-state index is 12.1. The lowest BCUT2D eigenvalue weighted by Crippen LogP contribution is -2.25. The van der Waals surface area contributed by atoms with Gasteiger partial charge >= 0.3 is 0 Å². The van der Waals surface area contributed by atoms with Crippen molar-refractivity contribution in [1.29, 1.82) is 5.26 Å². The van der Waals surface area contributed by atoms with Crippen LogP contribution in [0.5, 0.6) is 11.5 Å². The fourth-order valence-corrected chi connectivity index (χ4v) is 2.61. The average Bonchev–Trinajstić information content (AvgIpc) is 2.73. The van der Waals surface area contributed by atoms with Gasteiger partial charge in [0.25, 0.3) is 5.91 Å². The molecular weight excluding hydrogens is 352 g/mol. The third-order valence-corrected chi connectivity index (χ3v) is 4.17. The van der Waals surface area contributed by atoms with Crippen LogP contribution in [0.15, 0.2) is 54.1 Å². The zero-order valence-electron chi connectivity index (χ0n) is 16.4. The molecule has 5 heteroatoms. The predicted molar refractivity (Wildman–Crippen MR) is 110 cm³/mol. The smallest absolute Gasteiger partial charge is 0.261 e. The number of nitrogens with zero attached hydrogens (tertiary/aromatic N) is 1. The number of unbranched alkanes of at least 4 members (excludes halogenated alkanes) is 1. The van der Waals surface area contributed by atoms with E-state index in [2.05, 4.69) is 17.4 Å². The van der Waals surface area contributed by atoms with Crippen molar-refractivity contribution in [2.24, 2.45) is 0 Å². The van der Waals surface area contributed by atoms with Crippen molar-refractivity contribution < 1.29 is 14.3 Å². The van der Waals surface area contributed by atoms with Gasteiger partial charge < -0.3 is 14.8 Å². The molecule has 28 heavy (non-hydrogen) atoms. The van der Waals surface area contributed by atoms with Crippen molar-refractivity contribution >= 4 is 12.0 Å². The molecule has 1 amide bonds. The summed E-state index contributed by atoms with van der Waals surface area (Å²) in [5.41, 5.74) is 1.97. The number of carbonyl (C=O) groups excluding carboxylic acids is 1. The van der Waals surface area contributed by atoms with Crippen molar-refractivity contribution in [3.05, 3.63) is 65.2 Å². The molecule has 0 aromatic heterocycles. The molecule has 0 heterocycles. The fraction of sp³-hybridized carbons (Fsp3) is 0.304. The molecule has 0 bridgehead atoms. The van der Waals surface area contributed by atoms with Gasteiger partial charge in [-0.15, -0.1) is 0 Å². The van der Waals surface area contributed by atoms with Crippen molar-refractivity contribution in [3.63, 3.8) is 0 Å². The second kappa shape index (κ2) is 11.5. The van der Waals surface area contributed by atoms with E-state index in [4.69, 9.17) is 9.47 Å². The van der Waals surface area contributed by atoms with E-state index in [1.54, 1.807) is 31.4 Å². The molecule has 2 aromatic carbocycles. The van der Waals surface area contributed by atoms with E-state index in [0.29, 0.717) is 30.2 Å². The van der Waals surface area contributed by atoms with Gasteiger partial charge in [-0.25, -0.2) is 0 Å². The van der Waals surface area contributed by atoms with Crippen LogP contribution in [-0.4, -0.2) is 26.2 Å². The molecule has 0 fully saturated rings. The Hall–Kier alpha value is -3.26. The summed E-state index contributed by atoms with van der Waals surface area (Å²) in [7, 11) is 1.57. The lowest BCUT2D eigenvalue weighted by atomic mass is 10.1. The van der Waals surface area contributed by atoms with Crippen LogP contribution in [0.25, 0.3) is 6.08 Å². The highest BCUT2D eigenvalue weighted by molar-refractivity contribution is 6.01. The molecule has 0 aliphatic carbocycles. The zero-order chi connectivity index (χ0) is 20.2. The normalized spacial score (nSPS) is 10.8. The number of hydrogen-bond donors (Lipinski definition) is 1. The summed E-state index contributed by atoms with van der Waals surface area (Å²) in [5.74, 6) is 0.824. The Kier molecular flexibility index (Phi) is 8.61. The van der Waals surface area contributed by atoms with Crippen LogP contribution in [0.1, 0.15) is 30.9 Å². The van der Waals surface area contributed by atoms with Gasteiger partial charge in [-0.2, -0.15) is 5.26 Å². The Balaban J connectivity index is 2.04. The van der Waals surface area contributed by atoms with E-state index < -0.39 is 0 Å². The Morgan fingerprint density at radius 2 is 1.96 bits per heavy atom. The standard InChI is InChI=1S/C23H26N2O3/c1-3-4-13-25-23(26)20(17-24)15-19-10-11-21(22(16-19)27-2)28-14-12-18-8-6-5-7-9-18/h5-11,15-16H,3-4,12-14H2,1-2H3,(H,25,26)/b20-15-. The minimum atomic E-state index is -0.363. The van der Waals surface area contributed by atoms with Crippen LogP contribution in [0.4, 0.5) is 0 Å². The highest BCUT2D eigenvalue weighted by Gasteiger charge is 2.10. The molecule has 0 aliphatic rings. The van der Waals surface area contributed by atoms with E-state index in [-0.39, 0.29) is 11.5 Å². The van der Waals surface area contributed by atoms with Gasteiger partial charge in [0.2, 0.25) is 0 Å². The summed E-state index contributed by atoms with van der Waals surface area (Å²) in [6, 6.07) is 17.4. The van der Waals surface area contributed by atoms with Crippen LogP contribution in [0, 0.1) is 11.3 Å². The quantitative estimate of drug-likeness (QED) is 0.383. The first-order valence-corrected chi connectivity index (χ1v) is 9.42. The molecule has 0 atom stereocenters. The van der Waals surface area contributed by atoms with Gasteiger partial charge in [-0.1, -0.05) is 49.7 Å². The van der Waals surface area contributed by atoms with Gasteiger partial charge in [-0.3, -0.25) is 4.79 Å². The average molecular weight is 378 g/mol. The number of rotatable bonds is 10. The van der Waals surface area contributed by atoms with E-state index in [1.165, 1.54) is 5.56 Å². The second-order valence-electron chi connectivity index (χ2n) is 6.27. The number of nitriles is 1. The number of methoxy groups -OCH3 is 1. The van der Waals surface area contributed by atoms with Crippen molar-refractivity contribution in [2.75, 3.05) is 20.3 Å². The molecule has 0 saturated heterocycles. The second-order valence-corrected chi connectivity index (χ2v) is 6.27. The SMILES string of the molecule is CCCCNC(=O)/C(C#N)=C\c1ccc(OCCc2ccccc2)c(OC)c1. The third kappa shape index (κ3) is 6.48. The van der Waals surface area contributed by atoms with Crippen molar-refractivity contribution in [1.82, 2.24) is 5.32 Å². The monoisotopic (exact) mass is 378 g/mol. The molecule has 2 aromatic rings. The topological polar surface area (TPSA) is 71.4 Å². The lowest BCUT2D eigenvalue weighted by Gasteiger charge is -2.11. The fourth-order valence-electron chi connectivity index (χ4n) is 2.61. The van der Waals surface area contributed by atoms with E-state index >= 15 is 0 Å². The summed E-state index contributed by atoms with van der Waals surface area (Å²) >= 11 is 0. The molecule has 2 rings (SSSR count). The number of amides is 1. The summed E-state index contributed by atoms with van der Waals surface area (Å²) in [6.45, 7) is 3.13. The third-order valence-electron chi connectivity index (χ3n) is 4.17. The number of benzene rings is 2. The Morgan fingerprint density at radius 1 is 1.18 bits per heavy atom. The highest BCUT2D eigenvalue weighted by Crippen LogP contribution is 2.29. The minimum absolute atomic E-state index is 0.0657. The van der Waals surface area contributed by atoms with Crippen LogP contribution in [0.3, 0.4) is 0 Å². The largest absolute Gasteiger partial charge is 0.493 e. The summed E-state index contributed by atoms with van der Waals surface area (Å²) < 4.78 is 11.2. The van der Waals surface area contributed by atoms with Gasteiger partial charge in [0.1, 0.15) is 11.6 Å². The number of carbonyl (C=O) groups is 1. The molecule has 146 valence electrons. The van der Waals surface area contributed by atoms with Gasteiger partial charge in [-0.05, 0) is 35.8 Å². The Morgan fingerprint density at radius 3 is 2.64 bits per heavy atom. The first-order valence-electron chi connectivity index (χ1n) is 9.42. The van der Waals surface area contributed by atoms with Crippen LogP contribution >= 0.6 is 0 Å². The van der Waals surface area contributed by atoms with Crippen molar-refractivity contribution in [2.45, 2.75) is 26.2 Å². The van der Waals surface area contributed by atoms with Crippen LogP contribution < -0.4 is 14.8 Å². The maximum absolute atomic E-state index is 12.1. The lowest BCUT2D eigenvalue weighted by molar-refractivity contribution is -0.117. The zero-order valence-corrected chi connectivity index (χ0v) is 16.4. The molecule has 0 aliphatic heterocycles. The molecule has 0 spiro atoms. The molecule has 0 radical (unpaired) electrons. The molecule has 0 saturated carbocycles. The highest BCUT2D eigenvalue weighted by atomic mass is 16.5. The maximum Gasteiger partial charge on any atom is 0.261 e. The van der Waals surface area contributed by atoms with E-state index in [0.717, 1.165) is 19.3 Å². The van der Waals surface area contributed by atoms with Gasteiger partial charge in [0, 0.05) is 13.0 Å². The first kappa shape index (κ1) is 21.0. The molecule has 5 nitrogen and oxygen atoms in total. The Bertz CT molecular complexity index is 839. The molecular formula is C23H26N2O3. The predicted octanol–water partition coefficient (Wildman–Crippen LogP) is 4.14.